The van der Waals surface area contributed by atoms with Gasteiger partial charge in [-0.25, -0.2) is 9.37 Å². The van der Waals surface area contributed by atoms with E-state index < -0.39 is 0 Å². The highest BCUT2D eigenvalue weighted by Crippen LogP contribution is 2.34. The summed E-state index contributed by atoms with van der Waals surface area (Å²) >= 11 is 1.12. The second-order valence-corrected chi connectivity index (χ2v) is 6.03. The van der Waals surface area contributed by atoms with Gasteiger partial charge in [-0.05, 0) is 24.3 Å². The lowest BCUT2D eigenvalue weighted by Crippen LogP contribution is -2.19. The number of thiazole rings is 1. The Morgan fingerprint density at radius 2 is 1.57 bits per heavy atom. The normalized spacial score (nSPS) is 12.7. The van der Waals surface area contributed by atoms with Gasteiger partial charge in [-0.2, -0.15) is 0 Å². The van der Waals surface area contributed by atoms with Gasteiger partial charge in [0.25, 0.3) is 0 Å². The Labute approximate surface area is 134 Å². The summed E-state index contributed by atoms with van der Waals surface area (Å²) in [7, 11) is 0. The molecule has 0 unspecified atom stereocenters. The number of aromatic nitrogens is 1. The van der Waals surface area contributed by atoms with Crippen molar-refractivity contribution in [1.29, 1.82) is 0 Å². The molecular formula is C17H9FN2O2S. The molecule has 0 radical (unpaired) electrons. The van der Waals surface area contributed by atoms with Gasteiger partial charge in [0.2, 0.25) is 11.6 Å². The van der Waals surface area contributed by atoms with E-state index in [0.29, 0.717) is 26.8 Å². The standard InChI is InChI=1S/C17H9FN2O2S/c18-9-5-7-10(8-6-9)19-17-20-13-14(21)11-3-1-2-4-12(11)15(22)16(13)23-17/h1-8H,(H,19,20). The van der Waals surface area contributed by atoms with Crippen molar-refractivity contribution in [1.82, 2.24) is 4.98 Å². The predicted octanol–water partition coefficient (Wildman–Crippen LogP) is 3.80. The van der Waals surface area contributed by atoms with Crippen molar-refractivity contribution < 1.29 is 14.0 Å². The smallest absolute Gasteiger partial charge is 0.213 e. The summed E-state index contributed by atoms with van der Waals surface area (Å²) in [5.41, 5.74) is 1.59. The summed E-state index contributed by atoms with van der Waals surface area (Å²) in [6.07, 6.45) is 0. The SMILES string of the molecule is O=C1c2ccccc2C(=O)c2sc(Nc3ccc(F)cc3)nc21. The van der Waals surface area contributed by atoms with Gasteiger partial charge in [0.1, 0.15) is 16.4 Å². The van der Waals surface area contributed by atoms with Gasteiger partial charge in [0, 0.05) is 16.8 Å². The lowest BCUT2D eigenvalue weighted by atomic mass is 9.91. The molecule has 23 heavy (non-hydrogen) atoms. The zero-order chi connectivity index (χ0) is 16.0. The second kappa shape index (κ2) is 5.10. The largest absolute Gasteiger partial charge is 0.332 e. The zero-order valence-electron chi connectivity index (χ0n) is 11.7. The molecule has 1 aromatic heterocycles. The van der Waals surface area contributed by atoms with E-state index in [9.17, 15) is 14.0 Å². The average Bonchev–Trinajstić information content (AvgIpc) is 2.99. The van der Waals surface area contributed by atoms with Gasteiger partial charge in [0.15, 0.2) is 5.13 Å². The summed E-state index contributed by atoms with van der Waals surface area (Å²) < 4.78 is 12.9. The fourth-order valence-electron chi connectivity index (χ4n) is 2.47. The molecule has 1 aliphatic carbocycles. The van der Waals surface area contributed by atoms with Crippen LogP contribution < -0.4 is 5.32 Å². The minimum Gasteiger partial charge on any atom is -0.332 e. The van der Waals surface area contributed by atoms with E-state index in [0.717, 1.165) is 11.3 Å². The third-order valence-electron chi connectivity index (χ3n) is 3.56. The number of anilines is 2. The number of fused-ring (bicyclic) bond motifs is 2. The quantitative estimate of drug-likeness (QED) is 0.609. The van der Waals surface area contributed by atoms with E-state index in [1.165, 1.54) is 12.1 Å². The van der Waals surface area contributed by atoms with Crippen LogP contribution in [0.3, 0.4) is 0 Å². The van der Waals surface area contributed by atoms with Gasteiger partial charge in [0.05, 0.1) is 0 Å². The Morgan fingerprint density at radius 3 is 2.26 bits per heavy atom. The number of benzene rings is 2. The Balaban J connectivity index is 1.73. The molecular weight excluding hydrogens is 315 g/mol. The molecule has 4 nitrogen and oxygen atoms in total. The molecule has 0 saturated carbocycles. The summed E-state index contributed by atoms with van der Waals surface area (Å²) in [4.78, 5) is 29.6. The number of hydrogen-bond acceptors (Lipinski definition) is 5. The molecule has 1 heterocycles. The Morgan fingerprint density at radius 1 is 0.913 bits per heavy atom. The summed E-state index contributed by atoms with van der Waals surface area (Å²) in [5.74, 6) is -0.784. The highest BCUT2D eigenvalue weighted by molar-refractivity contribution is 7.18. The van der Waals surface area contributed by atoms with Crippen LogP contribution in [0.25, 0.3) is 0 Å². The van der Waals surface area contributed by atoms with Gasteiger partial charge in [-0.15, -0.1) is 0 Å². The van der Waals surface area contributed by atoms with E-state index >= 15 is 0 Å². The molecule has 3 aromatic rings. The van der Waals surface area contributed by atoms with Crippen molar-refractivity contribution in [3.8, 4) is 0 Å². The third-order valence-corrected chi connectivity index (χ3v) is 4.53. The molecule has 0 saturated heterocycles. The van der Waals surface area contributed by atoms with Crippen LogP contribution in [-0.4, -0.2) is 16.6 Å². The molecule has 0 aliphatic heterocycles. The van der Waals surface area contributed by atoms with Crippen LogP contribution in [0.15, 0.2) is 48.5 Å². The Bertz CT molecular complexity index is 895. The Kier molecular flexibility index (Phi) is 3.06. The molecule has 0 bridgehead atoms. The minimum absolute atomic E-state index is 0.170. The number of rotatable bonds is 2. The number of nitrogens with one attached hydrogen (secondary N) is 1. The van der Waals surface area contributed by atoms with Crippen LogP contribution >= 0.6 is 11.3 Å². The fraction of sp³-hybridized carbons (Fsp3) is 0. The van der Waals surface area contributed by atoms with E-state index in [2.05, 4.69) is 10.3 Å². The highest BCUT2D eigenvalue weighted by atomic mass is 32.1. The predicted molar refractivity (Wildman–Crippen MR) is 85.1 cm³/mol. The molecule has 1 aliphatic rings. The molecule has 0 atom stereocenters. The molecule has 2 aromatic carbocycles. The third kappa shape index (κ3) is 2.24. The first-order chi connectivity index (χ1) is 11.1. The van der Waals surface area contributed by atoms with Crippen molar-refractivity contribution in [2.24, 2.45) is 0 Å². The molecule has 4 rings (SSSR count). The van der Waals surface area contributed by atoms with E-state index in [4.69, 9.17) is 0 Å². The number of ketones is 2. The summed E-state index contributed by atoms with van der Waals surface area (Å²) in [6.45, 7) is 0. The first-order valence-electron chi connectivity index (χ1n) is 6.85. The maximum Gasteiger partial charge on any atom is 0.213 e. The monoisotopic (exact) mass is 324 g/mol. The molecule has 0 spiro atoms. The fourth-order valence-corrected chi connectivity index (χ4v) is 3.40. The Hall–Kier alpha value is -2.86. The summed E-state index contributed by atoms with van der Waals surface area (Å²) in [6, 6.07) is 12.5. The number of hydrogen-bond donors (Lipinski definition) is 1. The molecule has 0 amide bonds. The van der Waals surface area contributed by atoms with Crippen LogP contribution in [0.1, 0.15) is 31.3 Å². The molecule has 6 heteroatoms. The van der Waals surface area contributed by atoms with Crippen LogP contribution in [0, 0.1) is 5.82 Å². The molecule has 1 N–H and O–H groups in total. The van der Waals surface area contributed by atoms with Crippen molar-refractivity contribution in [3.63, 3.8) is 0 Å². The first kappa shape index (κ1) is 13.8. The maximum absolute atomic E-state index is 12.9. The van der Waals surface area contributed by atoms with Crippen molar-refractivity contribution >= 4 is 33.7 Å². The minimum atomic E-state index is -0.338. The van der Waals surface area contributed by atoms with Crippen molar-refractivity contribution in [2.45, 2.75) is 0 Å². The molecule has 112 valence electrons. The van der Waals surface area contributed by atoms with Crippen LogP contribution in [-0.2, 0) is 0 Å². The van der Waals surface area contributed by atoms with Gasteiger partial charge >= 0.3 is 0 Å². The van der Waals surface area contributed by atoms with Gasteiger partial charge in [-0.3, -0.25) is 9.59 Å². The van der Waals surface area contributed by atoms with Crippen molar-refractivity contribution in [3.05, 3.63) is 76.0 Å². The lowest BCUT2D eigenvalue weighted by Gasteiger charge is -2.11. The highest BCUT2D eigenvalue weighted by Gasteiger charge is 2.33. The van der Waals surface area contributed by atoms with E-state index in [-0.39, 0.29) is 23.1 Å². The summed E-state index contributed by atoms with van der Waals surface area (Å²) in [5, 5.41) is 3.42. The molecule has 0 fully saturated rings. The van der Waals surface area contributed by atoms with Crippen molar-refractivity contribution in [2.75, 3.05) is 5.32 Å². The number of carbonyl (C=O) groups is 2. The van der Waals surface area contributed by atoms with Gasteiger partial charge in [-0.1, -0.05) is 35.6 Å². The van der Waals surface area contributed by atoms with Gasteiger partial charge < -0.3 is 5.32 Å². The van der Waals surface area contributed by atoms with E-state index in [1.54, 1.807) is 36.4 Å². The zero-order valence-corrected chi connectivity index (χ0v) is 12.5. The van der Waals surface area contributed by atoms with E-state index in [1.807, 2.05) is 0 Å². The number of carbonyl (C=O) groups excluding carboxylic acids is 2. The van der Waals surface area contributed by atoms with Crippen LogP contribution in [0.4, 0.5) is 15.2 Å². The first-order valence-corrected chi connectivity index (χ1v) is 7.67. The average molecular weight is 324 g/mol. The van der Waals surface area contributed by atoms with Crippen LogP contribution in [0.2, 0.25) is 0 Å². The lowest BCUT2D eigenvalue weighted by molar-refractivity contribution is 0.0979. The second-order valence-electron chi connectivity index (χ2n) is 5.03. The number of nitrogens with zero attached hydrogens (tertiary/aromatic N) is 1. The van der Waals surface area contributed by atoms with Crippen LogP contribution in [0.5, 0.6) is 0 Å². The topological polar surface area (TPSA) is 59.1 Å². The number of halogens is 1. The maximum atomic E-state index is 12.9.